The van der Waals surface area contributed by atoms with Gasteiger partial charge in [0.1, 0.15) is 22.9 Å². The fourth-order valence-corrected chi connectivity index (χ4v) is 5.55. The predicted octanol–water partition coefficient (Wildman–Crippen LogP) is 7.19. The third kappa shape index (κ3) is 6.91. The second-order valence-corrected chi connectivity index (χ2v) is 11.6. The predicted molar refractivity (Wildman–Crippen MR) is 140 cm³/mol. The highest BCUT2D eigenvalue weighted by atomic mass is 19.1. The van der Waals surface area contributed by atoms with Gasteiger partial charge in [0, 0.05) is 0 Å². The number of methoxy groups -OCH3 is 1. The molecule has 200 valence electrons. The third-order valence-electron chi connectivity index (χ3n) is 7.61. The summed E-state index contributed by atoms with van der Waals surface area (Å²) in [5.41, 5.74) is 1.13. The molecule has 0 aromatic heterocycles. The van der Waals surface area contributed by atoms with Gasteiger partial charge in [-0.25, -0.2) is 4.39 Å². The van der Waals surface area contributed by atoms with Crippen LogP contribution in [0.2, 0.25) is 0 Å². The number of rotatable bonds is 8. The van der Waals surface area contributed by atoms with Crippen molar-refractivity contribution in [1.82, 2.24) is 0 Å². The van der Waals surface area contributed by atoms with Crippen LogP contribution in [-0.4, -0.2) is 24.6 Å². The fraction of sp³-hybridized carbons (Fsp3) is 0.548. The zero-order valence-electron chi connectivity index (χ0n) is 22.6. The quantitative estimate of drug-likeness (QED) is 0.278. The molecule has 0 radical (unpaired) electrons. The summed E-state index contributed by atoms with van der Waals surface area (Å²) < 4.78 is 31.1. The number of hydrogen-bond donors (Lipinski definition) is 0. The van der Waals surface area contributed by atoms with Crippen molar-refractivity contribution >= 4 is 11.9 Å². The lowest BCUT2D eigenvalue weighted by molar-refractivity contribution is -0.160. The Morgan fingerprint density at radius 2 is 1.65 bits per heavy atom. The second kappa shape index (κ2) is 11.2. The molecule has 0 aliphatic heterocycles. The van der Waals surface area contributed by atoms with Gasteiger partial charge >= 0.3 is 11.9 Å². The summed E-state index contributed by atoms with van der Waals surface area (Å²) in [4.78, 5) is 25.8. The molecule has 2 fully saturated rings. The zero-order chi connectivity index (χ0) is 26.7. The highest BCUT2D eigenvalue weighted by Crippen LogP contribution is 2.48. The highest BCUT2D eigenvalue weighted by molar-refractivity contribution is 5.76. The molecule has 2 aliphatic rings. The Kier molecular flexibility index (Phi) is 8.25. The van der Waals surface area contributed by atoms with Crippen molar-refractivity contribution in [2.75, 3.05) is 7.11 Å². The van der Waals surface area contributed by atoms with Gasteiger partial charge in [-0.1, -0.05) is 19.1 Å². The Morgan fingerprint density at radius 3 is 2.27 bits per heavy atom. The summed E-state index contributed by atoms with van der Waals surface area (Å²) in [6, 6.07) is 12.4. The van der Waals surface area contributed by atoms with Crippen LogP contribution in [0.3, 0.4) is 0 Å². The molecule has 0 unspecified atom stereocenters. The third-order valence-corrected chi connectivity index (χ3v) is 7.61. The molecule has 2 atom stereocenters. The van der Waals surface area contributed by atoms with Gasteiger partial charge < -0.3 is 14.2 Å². The Labute approximate surface area is 219 Å². The molecular weight excluding hydrogens is 471 g/mol. The summed E-state index contributed by atoms with van der Waals surface area (Å²) in [7, 11) is 1.57. The second-order valence-electron chi connectivity index (χ2n) is 11.6. The van der Waals surface area contributed by atoms with Gasteiger partial charge in [-0.3, -0.25) is 9.59 Å². The van der Waals surface area contributed by atoms with Crippen LogP contribution < -0.4 is 9.47 Å². The van der Waals surface area contributed by atoms with Crippen LogP contribution in [0.4, 0.5) is 4.39 Å². The molecule has 2 aromatic carbocycles. The van der Waals surface area contributed by atoms with Gasteiger partial charge in [-0.15, -0.1) is 0 Å². The molecule has 0 amide bonds. The Morgan fingerprint density at radius 1 is 0.946 bits per heavy atom. The first-order valence-electron chi connectivity index (χ1n) is 13.4. The van der Waals surface area contributed by atoms with E-state index in [1.807, 2.05) is 45.9 Å². The largest absolute Gasteiger partial charge is 0.497 e. The molecule has 0 bridgehead atoms. The number of halogens is 1. The normalized spacial score (nSPS) is 21.6. The smallest absolute Gasteiger partial charge is 0.314 e. The van der Waals surface area contributed by atoms with Crippen molar-refractivity contribution in [2.45, 2.75) is 83.7 Å². The SMILES string of the molecule is COc1ccc(F)c(C2CCC(C(=O)Oc3cccc([C@H](C4CC4)[C@H](C)C(=O)OC(C)(C)C)c3)CC2)c1. The minimum absolute atomic E-state index is 0.0294. The van der Waals surface area contributed by atoms with Gasteiger partial charge in [0.25, 0.3) is 0 Å². The lowest BCUT2D eigenvalue weighted by Crippen LogP contribution is -2.31. The number of hydrogen-bond acceptors (Lipinski definition) is 5. The number of carbonyl (C=O) groups excluding carboxylic acids is 2. The first-order chi connectivity index (χ1) is 17.6. The maximum absolute atomic E-state index is 14.4. The number of carbonyl (C=O) groups is 2. The monoisotopic (exact) mass is 510 g/mol. The van der Waals surface area contributed by atoms with Crippen LogP contribution in [0.5, 0.6) is 11.5 Å². The first-order valence-corrected chi connectivity index (χ1v) is 13.4. The van der Waals surface area contributed by atoms with E-state index in [-0.39, 0.29) is 41.4 Å². The summed E-state index contributed by atoms with van der Waals surface area (Å²) in [6.07, 6.45) is 4.92. The molecule has 4 rings (SSSR count). The van der Waals surface area contributed by atoms with Crippen molar-refractivity contribution in [3.63, 3.8) is 0 Å². The topological polar surface area (TPSA) is 61.8 Å². The van der Waals surface area contributed by atoms with E-state index in [2.05, 4.69) is 0 Å². The standard InChI is InChI=1S/C31H39FO5/c1-19(29(33)37-31(2,3)4)28(21-11-12-21)23-7-6-8-25(17-23)36-30(34)22-13-9-20(10-14-22)26-18-24(35-5)15-16-27(26)32/h6-8,15-22,28H,9-14H2,1-5H3/t19-,20?,22?,28-/m0/s1. The molecule has 37 heavy (non-hydrogen) atoms. The van der Waals surface area contributed by atoms with Gasteiger partial charge in [-0.2, -0.15) is 0 Å². The lowest BCUT2D eigenvalue weighted by Gasteiger charge is -2.28. The van der Waals surface area contributed by atoms with Crippen molar-refractivity contribution < 1.29 is 28.2 Å². The average molecular weight is 511 g/mol. The lowest BCUT2D eigenvalue weighted by atomic mass is 9.78. The van der Waals surface area contributed by atoms with Crippen LogP contribution in [0, 0.1) is 23.6 Å². The molecule has 0 spiro atoms. The molecule has 0 saturated heterocycles. The van der Waals surface area contributed by atoms with Crippen LogP contribution in [0.25, 0.3) is 0 Å². The van der Waals surface area contributed by atoms with Crippen LogP contribution >= 0.6 is 0 Å². The zero-order valence-corrected chi connectivity index (χ0v) is 22.6. The molecule has 0 N–H and O–H groups in total. The number of esters is 2. The van der Waals surface area contributed by atoms with Gasteiger partial charge in [0.15, 0.2) is 0 Å². The maximum Gasteiger partial charge on any atom is 0.314 e. The van der Waals surface area contributed by atoms with Crippen molar-refractivity contribution in [2.24, 2.45) is 17.8 Å². The molecule has 5 nitrogen and oxygen atoms in total. The van der Waals surface area contributed by atoms with E-state index in [1.54, 1.807) is 25.3 Å². The summed E-state index contributed by atoms with van der Waals surface area (Å²) in [5.74, 6) is 0.501. The first kappa shape index (κ1) is 27.2. The fourth-order valence-electron chi connectivity index (χ4n) is 5.55. The van der Waals surface area contributed by atoms with E-state index in [0.717, 1.165) is 31.2 Å². The minimum atomic E-state index is -0.534. The van der Waals surface area contributed by atoms with Gasteiger partial charge in [-0.05, 0) is 119 Å². The summed E-state index contributed by atoms with van der Waals surface area (Å²) in [6.45, 7) is 7.57. The van der Waals surface area contributed by atoms with Crippen LogP contribution in [-0.2, 0) is 14.3 Å². The summed E-state index contributed by atoms with van der Waals surface area (Å²) >= 11 is 0. The van der Waals surface area contributed by atoms with Crippen molar-refractivity contribution in [3.05, 3.63) is 59.4 Å². The van der Waals surface area contributed by atoms with E-state index in [1.165, 1.54) is 6.07 Å². The Hall–Kier alpha value is -2.89. The van der Waals surface area contributed by atoms with E-state index < -0.39 is 5.60 Å². The van der Waals surface area contributed by atoms with Gasteiger partial charge in [0.2, 0.25) is 0 Å². The molecule has 2 aromatic rings. The van der Waals surface area contributed by atoms with Gasteiger partial charge in [0.05, 0.1) is 18.9 Å². The van der Waals surface area contributed by atoms with Crippen LogP contribution in [0.15, 0.2) is 42.5 Å². The molecule has 2 aliphatic carbocycles. The molecule has 0 heterocycles. The maximum atomic E-state index is 14.4. The Balaban J connectivity index is 1.39. The van der Waals surface area contributed by atoms with E-state index in [4.69, 9.17) is 14.2 Å². The van der Waals surface area contributed by atoms with Crippen molar-refractivity contribution in [1.29, 1.82) is 0 Å². The molecule has 2 saturated carbocycles. The van der Waals surface area contributed by atoms with Crippen molar-refractivity contribution in [3.8, 4) is 11.5 Å². The molecule has 6 heteroatoms. The van der Waals surface area contributed by atoms with E-state index in [9.17, 15) is 14.0 Å². The van der Waals surface area contributed by atoms with Crippen LogP contribution in [0.1, 0.15) is 89.2 Å². The van der Waals surface area contributed by atoms with E-state index >= 15 is 0 Å². The number of benzene rings is 2. The average Bonchev–Trinajstić information content (AvgIpc) is 3.69. The molecular formula is C31H39FO5. The van der Waals surface area contributed by atoms with E-state index in [0.29, 0.717) is 35.8 Å². The highest BCUT2D eigenvalue weighted by Gasteiger charge is 2.40. The summed E-state index contributed by atoms with van der Waals surface area (Å²) in [5, 5.41) is 0. The minimum Gasteiger partial charge on any atom is -0.497 e. The Bertz CT molecular complexity index is 1110. The number of ether oxygens (including phenoxy) is 3.